The summed E-state index contributed by atoms with van der Waals surface area (Å²) in [4.78, 5) is 39.9. The van der Waals surface area contributed by atoms with Gasteiger partial charge >= 0.3 is 12.6 Å². The maximum absolute atomic E-state index is 14.2. The lowest BCUT2D eigenvalue weighted by Crippen LogP contribution is -2.41. The number of aromatic nitrogens is 1. The van der Waals surface area contributed by atoms with E-state index in [0.29, 0.717) is 16.8 Å². The maximum atomic E-state index is 14.2. The number of nitrogens with zero attached hydrogens (tertiary/aromatic N) is 2. The third-order valence-electron chi connectivity index (χ3n) is 10.3. The molecule has 342 valence electrons. The highest BCUT2D eigenvalue weighted by Crippen LogP contribution is 2.39. The molecule has 5 aromatic rings. The van der Waals surface area contributed by atoms with Crippen LogP contribution < -0.4 is 30.2 Å². The number of anilines is 1. The van der Waals surface area contributed by atoms with E-state index in [4.69, 9.17) is 32.7 Å². The first kappa shape index (κ1) is 47.3. The summed E-state index contributed by atoms with van der Waals surface area (Å²) in [5.74, 6) is -1.67. The van der Waals surface area contributed by atoms with Crippen LogP contribution in [0.5, 0.6) is 11.5 Å². The van der Waals surface area contributed by atoms with Gasteiger partial charge in [0.1, 0.15) is 16.1 Å². The number of halogens is 4. The topological polar surface area (TPSA) is 179 Å². The zero-order chi connectivity index (χ0) is 46.1. The zero-order valence-electron chi connectivity index (χ0n) is 34.5. The summed E-state index contributed by atoms with van der Waals surface area (Å²) in [6.45, 7) is -2.33. The number of thioether (sulfide) groups is 1. The molecule has 1 saturated carbocycles. The van der Waals surface area contributed by atoms with Gasteiger partial charge in [-0.1, -0.05) is 65.7 Å². The van der Waals surface area contributed by atoms with E-state index in [9.17, 15) is 36.8 Å². The minimum atomic E-state index is -4.41. The average Bonchev–Trinajstić information content (AvgIpc) is 3.99. The third kappa shape index (κ3) is 12.6. The molecule has 2 amide bonds. The van der Waals surface area contributed by atoms with Gasteiger partial charge in [0.25, 0.3) is 11.8 Å². The van der Waals surface area contributed by atoms with Crippen LogP contribution in [0.25, 0.3) is 0 Å². The fraction of sp³-hybridized carbons (Fsp3) is 0.289. The molecular formula is C45H43Cl2F2N5O9S2. The van der Waals surface area contributed by atoms with Crippen molar-refractivity contribution in [2.75, 3.05) is 37.3 Å². The second-order valence-electron chi connectivity index (χ2n) is 15.1. The van der Waals surface area contributed by atoms with Gasteiger partial charge in [-0.2, -0.15) is 17.8 Å². The smallest absolute Gasteiger partial charge is 0.387 e. The van der Waals surface area contributed by atoms with Gasteiger partial charge in [-0.15, -0.1) is 11.8 Å². The number of alkyl halides is 2. The quantitative estimate of drug-likeness (QED) is 0.0307. The first-order valence-electron chi connectivity index (χ1n) is 20.4. The second-order valence-corrected chi connectivity index (χ2v) is 19.0. The fourth-order valence-corrected chi connectivity index (χ4v) is 10.5. The molecule has 2 aliphatic rings. The Bertz CT molecular complexity index is 2610. The number of pyridine rings is 1. The summed E-state index contributed by atoms with van der Waals surface area (Å²) >= 11 is 13.8. The predicted octanol–water partition coefficient (Wildman–Crippen LogP) is 7.38. The van der Waals surface area contributed by atoms with Gasteiger partial charge in [-0.05, 0) is 84.5 Å². The summed E-state index contributed by atoms with van der Waals surface area (Å²) in [6, 6.07) is 26.2. The van der Waals surface area contributed by atoms with Crippen molar-refractivity contribution in [1.29, 1.82) is 0 Å². The monoisotopic (exact) mass is 969 g/mol. The lowest BCUT2D eigenvalue weighted by Gasteiger charge is -2.26. The summed E-state index contributed by atoms with van der Waals surface area (Å²) < 4.78 is 73.0. The lowest BCUT2D eigenvalue weighted by molar-refractivity contribution is -0.605. The van der Waals surface area contributed by atoms with E-state index < -0.39 is 40.0 Å². The Morgan fingerprint density at radius 3 is 2.22 bits per heavy atom. The van der Waals surface area contributed by atoms with Crippen LogP contribution in [0.1, 0.15) is 56.4 Å². The molecular weight excluding hydrogens is 928 g/mol. The molecule has 2 heterocycles. The van der Waals surface area contributed by atoms with Gasteiger partial charge in [0.05, 0.1) is 11.5 Å². The van der Waals surface area contributed by atoms with Crippen molar-refractivity contribution in [2.45, 2.75) is 48.8 Å². The van der Waals surface area contributed by atoms with Crippen molar-refractivity contribution in [1.82, 2.24) is 14.9 Å². The Balaban J connectivity index is 1.01. The maximum Gasteiger partial charge on any atom is 0.387 e. The Kier molecular flexibility index (Phi) is 15.7. The molecule has 2 atom stereocenters. The van der Waals surface area contributed by atoms with Crippen molar-refractivity contribution >= 4 is 68.5 Å². The number of carbonyl (C=O) groups is 3. The fourth-order valence-electron chi connectivity index (χ4n) is 6.82. The number of carbonyl (C=O) groups excluding carboxylic acids is 3. The SMILES string of the molecule is O=C(NCCNC(=O)c1cccc(S(=O)(=O)N2CCS[C@H]2C(=O)O[C@@H](Cc2c(Cl)c[n+]([O-])cc2Cl)c2ccc(OC(F)F)c(OCC3CC3)c2)c1)c1cccc(CNc2ccccc2)c1. The number of para-hydroxylation sites is 1. The second kappa shape index (κ2) is 21.6. The molecule has 1 saturated heterocycles. The summed E-state index contributed by atoms with van der Waals surface area (Å²) in [5, 5.41) is 19.3. The minimum absolute atomic E-state index is 0.0251. The van der Waals surface area contributed by atoms with Crippen molar-refractivity contribution in [2.24, 2.45) is 5.92 Å². The van der Waals surface area contributed by atoms with E-state index in [-0.39, 0.29) is 93.4 Å². The normalized spacial score (nSPS) is 15.6. The first-order valence-corrected chi connectivity index (χ1v) is 23.7. The summed E-state index contributed by atoms with van der Waals surface area (Å²) in [7, 11) is -4.41. The number of hydrogen-bond acceptors (Lipinski definition) is 11. The van der Waals surface area contributed by atoms with Crippen molar-refractivity contribution in [3.63, 3.8) is 0 Å². The van der Waals surface area contributed by atoms with Crippen LogP contribution in [0.15, 0.2) is 114 Å². The Labute approximate surface area is 388 Å². The Hall–Kier alpha value is -5.66. The molecule has 65 heavy (non-hydrogen) atoms. The molecule has 1 aliphatic carbocycles. The third-order valence-corrected chi connectivity index (χ3v) is 14.2. The van der Waals surface area contributed by atoms with Crippen LogP contribution in [0.4, 0.5) is 14.5 Å². The summed E-state index contributed by atoms with van der Waals surface area (Å²) in [6.07, 6.45) is 2.51. The van der Waals surface area contributed by atoms with E-state index in [1.165, 1.54) is 42.5 Å². The largest absolute Gasteiger partial charge is 0.619 e. The summed E-state index contributed by atoms with van der Waals surface area (Å²) in [5.41, 5.74) is 2.80. The zero-order valence-corrected chi connectivity index (χ0v) is 37.6. The van der Waals surface area contributed by atoms with Crippen molar-refractivity contribution in [3.05, 3.63) is 153 Å². The van der Waals surface area contributed by atoms with Gasteiger partial charge in [0, 0.05) is 60.7 Å². The van der Waals surface area contributed by atoms with Gasteiger partial charge in [0.15, 0.2) is 29.3 Å². The highest BCUT2D eigenvalue weighted by Gasteiger charge is 2.42. The van der Waals surface area contributed by atoms with Crippen LogP contribution in [0, 0.1) is 11.1 Å². The van der Waals surface area contributed by atoms with Gasteiger partial charge in [-0.25, -0.2) is 13.2 Å². The number of nitrogens with one attached hydrogen (secondary N) is 3. The van der Waals surface area contributed by atoms with E-state index >= 15 is 0 Å². The standard InChI is InChI=1S/C45H43Cl2F2N5O9S2/c46-36-25-53(58)26-37(47)35(36)23-39(30-14-15-38(63-45(48)49)40(22-30)61-27-28-12-13-28)62-44(57)43-54(18-19-64-43)65(59,60)34-11-5-8-32(21-34)42(56)51-17-16-50-41(55)31-7-4-6-29(20-31)24-52-33-9-2-1-3-10-33/h1-11,14-15,20-22,25-26,28,39,43,45,52H,12-13,16-19,23-24,27H2,(H,50,55)(H,51,56)/t39-,43-/m0/s1. The van der Waals surface area contributed by atoms with Gasteiger partial charge in [0.2, 0.25) is 10.0 Å². The number of amides is 2. The highest BCUT2D eigenvalue weighted by molar-refractivity contribution is 8.02. The number of sulfonamides is 1. The Morgan fingerprint density at radius 1 is 0.862 bits per heavy atom. The van der Waals surface area contributed by atoms with E-state index in [1.54, 1.807) is 18.2 Å². The minimum Gasteiger partial charge on any atom is -0.619 e. The molecule has 2 fully saturated rings. The van der Waals surface area contributed by atoms with E-state index in [1.807, 2.05) is 36.4 Å². The van der Waals surface area contributed by atoms with E-state index in [0.717, 1.165) is 52.6 Å². The molecule has 0 spiro atoms. The number of ether oxygens (including phenoxy) is 3. The molecule has 0 bridgehead atoms. The molecule has 1 aromatic heterocycles. The molecule has 3 N–H and O–H groups in total. The molecule has 0 unspecified atom stereocenters. The molecule has 4 aromatic carbocycles. The first-order chi connectivity index (χ1) is 31.2. The number of rotatable bonds is 20. The van der Waals surface area contributed by atoms with Crippen LogP contribution in [0.3, 0.4) is 0 Å². The van der Waals surface area contributed by atoms with E-state index in [2.05, 4.69) is 20.7 Å². The number of esters is 1. The van der Waals surface area contributed by atoms with Crippen LogP contribution in [0.2, 0.25) is 10.0 Å². The Morgan fingerprint density at radius 2 is 1.54 bits per heavy atom. The predicted molar refractivity (Wildman–Crippen MR) is 241 cm³/mol. The van der Waals surface area contributed by atoms with Gasteiger partial charge < -0.3 is 35.4 Å². The number of hydrogen-bond donors (Lipinski definition) is 3. The molecule has 7 rings (SSSR count). The highest BCUT2D eigenvalue weighted by atomic mass is 35.5. The molecule has 20 heteroatoms. The van der Waals surface area contributed by atoms with Crippen LogP contribution >= 0.6 is 35.0 Å². The van der Waals surface area contributed by atoms with Gasteiger partial charge in [-0.3, -0.25) is 9.59 Å². The molecule has 14 nitrogen and oxygen atoms in total. The molecule has 1 aliphatic heterocycles. The van der Waals surface area contributed by atoms with Crippen LogP contribution in [-0.4, -0.2) is 74.5 Å². The number of benzene rings is 4. The molecule has 0 radical (unpaired) electrons. The van der Waals surface area contributed by atoms with Crippen molar-refractivity contribution < 1.29 is 50.5 Å². The van der Waals surface area contributed by atoms with Crippen molar-refractivity contribution in [3.8, 4) is 11.5 Å². The average molecular weight is 971 g/mol. The van der Waals surface area contributed by atoms with Crippen LogP contribution in [-0.2, 0) is 32.5 Å². The lowest BCUT2D eigenvalue weighted by atomic mass is 10.0.